The fourth-order valence-corrected chi connectivity index (χ4v) is 2.47. The summed E-state index contributed by atoms with van der Waals surface area (Å²) in [4.78, 5) is 2.25. The number of nitrogens with two attached hydrogens (primary N) is 1. The monoisotopic (exact) mass is 322 g/mol. The van der Waals surface area contributed by atoms with Crippen LogP contribution in [0.5, 0.6) is 0 Å². The number of nitrogens with zero attached hydrogens (tertiary/aromatic N) is 1. The standard InChI is InChI=1S/C15H19BrN2O/c1-11-13(7-8-19-11)10-18(2)15(9-17)12-3-5-14(16)6-4-12/h3-8,15H,9-10,17H2,1-2H3. The Morgan fingerprint density at radius 1 is 1.26 bits per heavy atom. The van der Waals surface area contributed by atoms with Crippen LogP contribution in [0, 0.1) is 6.92 Å². The zero-order valence-electron chi connectivity index (χ0n) is 11.3. The highest BCUT2D eigenvalue weighted by Gasteiger charge is 2.16. The van der Waals surface area contributed by atoms with E-state index in [0.717, 1.165) is 16.8 Å². The summed E-state index contributed by atoms with van der Waals surface area (Å²) in [7, 11) is 2.09. The van der Waals surface area contributed by atoms with Crippen molar-refractivity contribution >= 4 is 15.9 Å². The van der Waals surface area contributed by atoms with E-state index in [-0.39, 0.29) is 6.04 Å². The van der Waals surface area contributed by atoms with Gasteiger partial charge in [0.05, 0.1) is 6.26 Å². The van der Waals surface area contributed by atoms with E-state index in [4.69, 9.17) is 10.2 Å². The Morgan fingerprint density at radius 3 is 2.47 bits per heavy atom. The van der Waals surface area contributed by atoms with Crippen LogP contribution in [-0.4, -0.2) is 18.5 Å². The fourth-order valence-electron chi connectivity index (χ4n) is 2.21. The van der Waals surface area contributed by atoms with Crippen molar-refractivity contribution in [1.82, 2.24) is 4.90 Å². The Kier molecular flexibility index (Phi) is 4.80. The normalized spacial score (nSPS) is 12.9. The number of aryl methyl sites for hydroxylation is 1. The number of furan rings is 1. The molecule has 2 rings (SSSR count). The maximum absolute atomic E-state index is 5.93. The molecule has 0 saturated carbocycles. The molecule has 1 aromatic heterocycles. The van der Waals surface area contributed by atoms with E-state index in [2.05, 4.69) is 52.1 Å². The summed E-state index contributed by atoms with van der Waals surface area (Å²) in [6.07, 6.45) is 1.73. The molecule has 4 heteroatoms. The van der Waals surface area contributed by atoms with Gasteiger partial charge in [-0.05, 0) is 37.7 Å². The van der Waals surface area contributed by atoms with Gasteiger partial charge in [-0.1, -0.05) is 28.1 Å². The molecule has 0 radical (unpaired) electrons. The first-order valence-electron chi connectivity index (χ1n) is 6.30. The molecule has 1 heterocycles. The van der Waals surface area contributed by atoms with Gasteiger partial charge in [0.1, 0.15) is 5.76 Å². The minimum absolute atomic E-state index is 0.211. The zero-order valence-corrected chi connectivity index (χ0v) is 12.9. The molecule has 0 bridgehead atoms. The first kappa shape index (κ1) is 14.3. The Hall–Kier alpha value is -1.10. The van der Waals surface area contributed by atoms with Gasteiger partial charge in [-0.3, -0.25) is 4.90 Å². The third-order valence-electron chi connectivity index (χ3n) is 3.40. The van der Waals surface area contributed by atoms with Crippen LogP contribution in [0.4, 0.5) is 0 Å². The summed E-state index contributed by atoms with van der Waals surface area (Å²) >= 11 is 3.45. The van der Waals surface area contributed by atoms with Crippen LogP contribution in [0.2, 0.25) is 0 Å². The largest absolute Gasteiger partial charge is 0.469 e. The SMILES string of the molecule is Cc1occc1CN(C)C(CN)c1ccc(Br)cc1. The zero-order chi connectivity index (χ0) is 13.8. The first-order chi connectivity index (χ1) is 9.11. The maximum atomic E-state index is 5.93. The molecule has 0 fully saturated rings. The molecule has 19 heavy (non-hydrogen) atoms. The van der Waals surface area contributed by atoms with Crippen LogP contribution in [0.1, 0.15) is 22.9 Å². The quantitative estimate of drug-likeness (QED) is 0.916. The van der Waals surface area contributed by atoms with Gasteiger partial charge in [-0.25, -0.2) is 0 Å². The van der Waals surface area contributed by atoms with Gasteiger partial charge in [0, 0.05) is 29.2 Å². The second kappa shape index (κ2) is 6.37. The molecule has 0 amide bonds. The van der Waals surface area contributed by atoms with Gasteiger partial charge in [-0.2, -0.15) is 0 Å². The lowest BCUT2D eigenvalue weighted by Crippen LogP contribution is -2.30. The minimum Gasteiger partial charge on any atom is -0.469 e. The third kappa shape index (κ3) is 3.47. The third-order valence-corrected chi connectivity index (χ3v) is 3.92. The molecular weight excluding hydrogens is 304 g/mol. The van der Waals surface area contributed by atoms with E-state index >= 15 is 0 Å². The van der Waals surface area contributed by atoms with E-state index in [1.54, 1.807) is 6.26 Å². The average molecular weight is 323 g/mol. The molecule has 3 nitrogen and oxygen atoms in total. The number of likely N-dealkylation sites (N-methyl/N-ethyl adjacent to an activating group) is 1. The van der Waals surface area contributed by atoms with Gasteiger partial charge >= 0.3 is 0 Å². The maximum Gasteiger partial charge on any atom is 0.105 e. The molecule has 0 aliphatic carbocycles. The van der Waals surface area contributed by atoms with E-state index in [0.29, 0.717) is 6.54 Å². The van der Waals surface area contributed by atoms with Gasteiger partial charge in [0.25, 0.3) is 0 Å². The predicted octanol–water partition coefficient (Wildman–Crippen LogP) is 3.48. The molecule has 102 valence electrons. The summed E-state index contributed by atoms with van der Waals surface area (Å²) in [5.74, 6) is 0.971. The summed E-state index contributed by atoms with van der Waals surface area (Å²) in [5, 5.41) is 0. The molecule has 0 saturated heterocycles. The van der Waals surface area contributed by atoms with Crippen molar-refractivity contribution in [1.29, 1.82) is 0 Å². The Labute approximate surface area is 122 Å². The lowest BCUT2D eigenvalue weighted by atomic mass is 10.1. The molecule has 1 unspecified atom stereocenters. The Morgan fingerprint density at radius 2 is 1.95 bits per heavy atom. The Balaban J connectivity index is 2.13. The van der Waals surface area contributed by atoms with E-state index in [1.807, 2.05) is 13.0 Å². The smallest absolute Gasteiger partial charge is 0.105 e. The first-order valence-corrected chi connectivity index (χ1v) is 7.10. The summed E-state index contributed by atoms with van der Waals surface area (Å²) in [5.41, 5.74) is 8.37. The van der Waals surface area contributed by atoms with Crippen molar-refractivity contribution in [2.24, 2.45) is 5.73 Å². The van der Waals surface area contributed by atoms with Crippen LogP contribution in [0.15, 0.2) is 45.5 Å². The van der Waals surface area contributed by atoms with E-state index < -0.39 is 0 Å². The van der Waals surface area contributed by atoms with Crippen molar-refractivity contribution in [3.8, 4) is 0 Å². The number of hydrogen-bond donors (Lipinski definition) is 1. The van der Waals surface area contributed by atoms with Crippen LogP contribution in [-0.2, 0) is 6.54 Å². The molecule has 1 aromatic carbocycles. The average Bonchev–Trinajstić information content (AvgIpc) is 2.78. The lowest BCUT2D eigenvalue weighted by molar-refractivity contribution is 0.240. The second-order valence-electron chi connectivity index (χ2n) is 4.72. The molecule has 0 spiro atoms. The molecule has 0 aliphatic heterocycles. The number of halogens is 1. The highest BCUT2D eigenvalue weighted by Crippen LogP contribution is 2.23. The Bertz CT molecular complexity index is 521. The molecule has 1 atom stereocenters. The van der Waals surface area contributed by atoms with Crippen LogP contribution in [0.3, 0.4) is 0 Å². The van der Waals surface area contributed by atoms with Crippen LogP contribution < -0.4 is 5.73 Å². The molecule has 0 aliphatic rings. The summed E-state index contributed by atoms with van der Waals surface area (Å²) in [6, 6.07) is 10.5. The van der Waals surface area contributed by atoms with Gasteiger partial charge < -0.3 is 10.2 Å². The summed E-state index contributed by atoms with van der Waals surface area (Å²) in [6.45, 7) is 3.41. The topological polar surface area (TPSA) is 42.4 Å². The van der Waals surface area contributed by atoms with E-state index in [9.17, 15) is 0 Å². The van der Waals surface area contributed by atoms with E-state index in [1.165, 1.54) is 11.1 Å². The number of benzene rings is 1. The van der Waals surface area contributed by atoms with Crippen molar-refractivity contribution in [2.45, 2.75) is 19.5 Å². The van der Waals surface area contributed by atoms with Crippen molar-refractivity contribution < 1.29 is 4.42 Å². The number of rotatable bonds is 5. The number of hydrogen-bond acceptors (Lipinski definition) is 3. The molecule has 2 N–H and O–H groups in total. The molecular formula is C15H19BrN2O. The second-order valence-corrected chi connectivity index (χ2v) is 5.64. The highest BCUT2D eigenvalue weighted by molar-refractivity contribution is 9.10. The minimum atomic E-state index is 0.211. The summed E-state index contributed by atoms with van der Waals surface area (Å²) < 4.78 is 6.42. The molecule has 2 aromatic rings. The van der Waals surface area contributed by atoms with Gasteiger partial charge in [0.15, 0.2) is 0 Å². The predicted molar refractivity (Wildman–Crippen MR) is 80.8 cm³/mol. The van der Waals surface area contributed by atoms with Gasteiger partial charge in [-0.15, -0.1) is 0 Å². The van der Waals surface area contributed by atoms with Gasteiger partial charge in [0.2, 0.25) is 0 Å². The fraction of sp³-hybridized carbons (Fsp3) is 0.333. The van der Waals surface area contributed by atoms with Crippen molar-refractivity contribution in [3.05, 3.63) is 58.0 Å². The van der Waals surface area contributed by atoms with Crippen LogP contribution in [0.25, 0.3) is 0 Å². The van der Waals surface area contributed by atoms with Crippen LogP contribution >= 0.6 is 15.9 Å². The highest BCUT2D eigenvalue weighted by atomic mass is 79.9. The lowest BCUT2D eigenvalue weighted by Gasteiger charge is -2.27. The van der Waals surface area contributed by atoms with Crippen molar-refractivity contribution in [3.63, 3.8) is 0 Å². The van der Waals surface area contributed by atoms with Crippen molar-refractivity contribution in [2.75, 3.05) is 13.6 Å².